The SMILES string of the molecule is CCN(C)C(=O)C(C)NC1CC(c2ccccc2OC)C1. The largest absolute Gasteiger partial charge is 0.496 e. The fourth-order valence-corrected chi connectivity index (χ4v) is 2.92. The number of benzene rings is 1. The molecule has 1 saturated carbocycles. The number of rotatable bonds is 6. The molecule has 0 spiro atoms. The smallest absolute Gasteiger partial charge is 0.239 e. The zero-order chi connectivity index (χ0) is 15.4. The summed E-state index contributed by atoms with van der Waals surface area (Å²) in [6.45, 7) is 4.69. The van der Waals surface area contributed by atoms with E-state index in [2.05, 4.69) is 17.4 Å². The van der Waals surface area contributed by atoms with Crippen LogP contribution in [0.1, 0.15) is 38.2 Å². The average Bonchev–Trinajstić information content (AvgIpc) is 2.48. The standard InChI is InChI=1S/C17H26N2O2/c1-5-19(3)17(20)12(2)18-14-10-13(11-14)15-8-6-7-9-16(15)21-4/h6-9,12-14,18H,5,10-11H2,1-4H3. The summed E-state index contributed by atoms with van der Waals surface area (Å²) in [5.41, 5.74) is 1.28. The van der Waals surface area contributed by atoms with Crippen molar-refractivity contribution >= 4 is 5.91 Å². The number of carbonyl (C=O) groups is 1. The first-order valence-electron chi connectivity index (χ1n) is 7.70. The number of methoxy groups -OCH3 is 1. The lowest BCUT2D eigenvalue weighted by atomic mass is 9.75. The van der Waals surface area contributed by atoms with Crippen molar-refractivity contribution in [1.29, 1.82) is 0 Å². The van der Waals surface area contributed by atoms with Gasteiger partial charge in [-0.05, 0) is 44.2 Å². The topological polar surface area (TPSA) is 41.6 Å². The van der Waals surface area contributed by atoms with Gasteiger partial charge in [0.15, 0.2) is 0 Å². The minimum atomic E-state index is -0.112. The van der Waals surface area contributed by atoms with Gasteiger partial charge in [-0.1, -0.05) is 18.2 Å². The highest BCUT2D eigenvalue weighted by Gasteiger charge is 2.33. The van der Waals surface area contributed by atoms with Gasteiger partial charge in [-0.15, -0.1) is 0 Å². The number of nitrogens with zero attached hydrogens (tertiary/aromatic N) is 1. The van der Waals surface area contributed by atoms with Gasteiger partial charge in [0, 0.05) is 19.6 Å². The van der Waals surface area contributed by atoms with Crippen LogP contribution in [0.5, 0.6) is 5.75 Å². The molecule has 1 fully saturated rings. The summed E-state index contributed by atoms with van der Waals surface area (Å²) in [4.78, 5) is 13.8. The molecule has 116 valence electrons. The second-order valence-electron chi connectivity index (χ2n) is 5.85. The molecular weight excluding hydrogens is 264 g/mol. The van der Waals surface area contributed by atoms with Crippen LogP contribution in [0.15, 0.2) is 24.3 Å². The first-order chi connectivity index (χ1) is 10.1. The zero-order valence-electron chi connectivity index (χ0n) is 13.4. The highest BCUT2D eigenvalue weighted by atomic mass is 16.5. The summed E-state index contributed by atoms with van der Waals surface area (Å²) in [5.74, 6) is 1.67. The normalized spacial score (nSPS) is 22.3. The zero-order valence-corrected chi connectivity index (χ0v) is 13.4. The molecule has 2 rings (SSSR count). The first kappa shape index (κ1) is 15.8. The maximum absolute atomic E-state index is 12.0. The molecule has 1 aromatic rings. The molecule has 1 aliphatic carbocycles. The van der Waals surface area contributed by atoms with Crippen molar-refractivity contribution in [2.24, 2.45) is 0 Å². The van der Waals surface area contributed by atoms with Crippen LogP contribution in [-0.2, 0) is 4.79 Å². The quantitative estimate of drug-likeness (QED) is 0.874. The van der Waals surface area contributed by atoms with Gasteiger partial charge in [-0.2, -0.15) is 0 Å². The van der Waals surface area contributed by atoms with Crippen molar-refractivity contribution < 1.29 is 9.53 Å². The van der Waals surface area contributed by atoms with Crippen LogP contribution >= 0.6 is 0 Å². The van der Waals surface area contributed by atoms with E-state index in [-0.39, 0.29) is 11.9 Å². The first-order valence-corrected chi connectivity index (χ1v) is 7.70. The Morgan fingerprint density at radius 3 is 2.71 bits per heavy atom. The molecule has 0 bridgehead atoms. The Kier molecular flexibility index (Phi) is 5.23. The number of ether oxygens (including phenoxy) is 1. The number of carbonyl (C=O) groups excluding carboxylic acids is 1. The van der Waals surface area contributed by atoms with Gasteiger partial charge in [0.05, 0.1) is 13.2 Å². The summed E-state index contributed by atoms with van der Waals surface area (Å²) < 4.78 is 5.42. The molecule has 21 heavy (non-hydrogen) atoms. The lowest BCUT2D eigenvalue weighted by Gasteiger charge is -2.38. The summed E-state index contributed by atoms with van der Waals surface area (Å²) in [6, 6.07) is 8.51. The Morgan fingerprint density at radius 2 is 2.10 bits per heavy atom. The monoisotopic (exact) mass is 290 g/mol. The third-order valence-corrected chi connectivity index (χ3v) is 4.42. The van der Waals surface area contributed by atoms with Gasteiger partial charge in [-0.3, -0.25) is 4.79 Å². The molecule has 4 nitrogen and oxygen atoms in total. The minimum absolute atomic E-state index is 0.112. The van der Waals surface area contributed by atoms with Gasteiger partial charge in [-0.25, -0.2) is 0 Å². The van der Waals surface area contributed by atoms with Gasteiger partial charge >= 0.3 is 0 Å². The van der Waals surface area contributed by atoms with E-state index in [1.807, 2.05) is 33.0 Å². The Morgan fingerprint density at radius 1 is 1.43 bits per heavy atom. The van der Waals surface area contributed by atoms with Crippen LogP contribution in [0, 0.1) is 0 Å². The predicted octanol–water partition coefficient (Wildman–Crippen LogP) is 2.40. The fraction of sp³-hybridized carbons (Fsp3) is 0.588. The highest BCUT2D eigenvalue weighted by molar-refractivity contribution is 5.81. The van der Waals surface area contributed by atoms with Crippen LogP contribution in [0.4, 0.5) is 0 Å². The second-order valence-corrected chi connectivity index (χ2v) is 5.85. The van der Waals surface area contributed by atoms with Crippen LogP contribution in [0.25, 0.3) is 0 Å². The summed E-state index contributed by atoms with van der Waals surface area (Å²) in [6.07, 6.45) is 2.13. The molecule has 0 heterocycles. The maximum Gasteiger partial charge on any atom is 0.239 e. The lowest BCUT2D eigenvalue weighted by Crippen LogP contribution is -2.50. The number of hydrogen-bond donors (Lipinski definition) is 1. The molecule has 1 atom stereocenters. The maximum atomic E-state index is 12.0. The number of para-hydroxylation sites is 1. The number of likely N-dealkylation sites (N-methyl/N-ethyl adjacent to an activating group) is 1. The predicted molar refractivity (Wildman–Crippen MR) is 84.7 cm³/mol. The summed E-state index contributed by atoms with van der Waals surface area (Å²) in [5, 5.41) is 3.44. The van der Waals surface area contributed by atoms with Crippen LogP contribution < -0.4 is 10.1 Å². The van der Waals surface area contributed by atoms with E-state index in [9.17, 15) is 4.79 Å². The van der Waals surface area contributed by atoms with Crippen LogP contribution in [-0.4, -0.2) is 43.6 Å². The number of hydrogen-bond acceptors (Lipinski definition) is 3. The molecule has 1 unspecified atom stereocenters. The van der Waals surface area contributed by atoms with E-state index in [1.165, 1.54) is 5.56 Å². The van der Waals surface area contributed by atoms with E-state index in [4.69, 9.17) is 4.74 Å². The van der Waals surface area contributed by atoms with Crippen molar-refractivity contribution in [3.63, 3.8) is 0 Å². The molecule has 1 aromatic carbocycles. The second kappa shape index (κ2) is 6.94. The number of amides is 1. The van der Waals surface area contributed by atoms with Crippen molar-refractivity contribution in [2.45, 2.75) is 44.7 Å². The van der Waals surface area contributed by atoms with Gasteiger partial charge < -0.3 is 15.0 Å². The fourth-order valence-electron chi connectivity index (χ4n) is 2.92. The van der Waals surface area contributed by atoms with E-state index in [1.54, 1.807) is 12.0 Å². The van der Waals surface area contributed by atoms with Crippen molar-refractivity contribution in [3.05, 3.63) is 29.8 Å². The molecule has 0 radical (unpaired) electrons. The van der Waals surface area contributed by atoms with Crippen LogP contribution in [0.3, 0.4) is 0 Å². The molecule has 1 N–H and O–H groups in total. The lowest BCUT2D eigenvalue weighted by molar-refractivity contribution is -0.131. The highest BCUT2D eigenvalue weighted by Crippen LogP contribution is 2.41. The molecule has 1 amide bonds. The van der Waals surface area contributed by atoms with E-state index < -0.39 is 0 Å². The molecule has 0 aromatic heterocycles. The summed E-state index contributed by atoms with van der Waals surface area (Å²) >= 11 is 0. The molecule has 0 aliphatic heterocycles. The van der Waals surface area contributed by atoms with E-state index >= 15 is 0 Å². The molecular formula is C17H26N2O2. The van der Waals surface area contributed by atoms with Crippen LogP contribution in [0.2, 0.25) is 0 Å². The Labute approximate surface area is 127 Å². The third kappa shape index (κ3) is 3.56. The average molecular weight is 290 g/mol. The van der Waals surface area contributed by atoms with Gasteiger partial charge in [0.1, 0.15) is 5.75 Å². The molecule has 1 aliphatic rings. The van der Waals surface area contributed by atoms with E-state index in [0.29, 0.717) is 12.0 Å². The van der Waals surface area contributed by atoms with Gasteiger partial charge in [0.25, 0.3) is 0 Å². The molecule has 4 heteroatoms. The summed E-state index contributed by atoms with van der Waals surface area (Å²) in [7, 11) is 3.56. The molecule has 0 saturated heterocycles. The van der Waals surface area contributed by atoms with Crippen molar-refractivity contribution in [2.75, 3.05) is 20.7 Å². The Balaban J connectivity index is 1.85. The van der Waals surface area contributed by atoms with E-state index in [0.717, 1.165) is 25.1 Å². The Bertz CT molecular complexity index is 483. The number of nitrogens with one attached hydrogen (secondary N) is 1. The third-order valence-electron chi connectivity index (χ3n) is 4.42. The van der Waals surface area contributed by atoms with Crippen molar-refractivity contribution in [1.82, 2.24) is 10.2 Å². The van der Waals surface area contributed by atoms with Crippen molar-refractivity contribution in [3.8, 4) is 5.75 Å². The minimum Gasteiger partial charge on any atom is -0.496 e. The Hall–Kier alpha value is -1.55. The van der Waals surface area contributed by atoms with Gasteiger partial charge in [0.2, 0.25) is 5.91 Å².